The molecule has 0 bridgehead atoms. The molecule has 8 amide bonds. The molecule has 0 unspecified atom stereocenters. The molecule has 7 N–H and O–H groups in total. The maximum Gasteiger partial charge on any atom is 0.410 e. The molecule has 2 aromatic carbocycles. The number of aromatic amines is 1. The number of aromatic nitrogens is 6. The van der Waals surface area contributed by atoms with Crippen molar-refractivity contribution in [2.24, 2.45) is 11.7 Å². The van der Waals surface area contributed by atoms with Crippen LogP contribution in [0.3, 0.4) is 0 Å². The number of imidazole rings is 1. The Hall–Kier alpha value is -8.46. The van der Waals surface area contributed by atoms with Gasteiger partial charge in [-0.05, 0) is 98.2 Å². The van der Waals surface area contributed by atoms with E-state index in [-0.39, 0.29) is 75.7 Å². The van der Waals surface area contributed by atoms with Crippen LogP contribution >= 0.6 is 11.6 Å². The number of halogens is 1. The van der Waals surface area contributed by atoms with Crippen molar-refractivity contribution >= 4 is 64.6 Å². The Morgan fingerprint density at radius 2 is 1.62 bits per heavy atom. The minimum absolute atomic E-state index is 0.0222. The number of H-pyrrole nitrogens is 1. The first-order valence-electron chi connectivity index (χ1n) is 24.2. The summed E-state index contributed by atoms with van der Waals surface area (Å²) >= 11 is 6.36. The van der Waals surface area contributed by atoms with Crippen molar-refractivity contribution in [2.45, 2.75) is 91.1 Å². The van der Waals surface area contributed by atoms with Crippen LogP contribution in [0.2, 0.25) is 5.02 Å². The van der Waals surface area contributed by atoms with E-state index in [0.717, 1.165) is 21.7 Å². The average Bonchev–Trinajstić information content (AvgIpc) is 4.11. The summed E-state index contributed by atoms with van der Waals surface area (Å²) in [5, 5.41) is 15.7. The number of amides is 8. The molecule has 21 nitrogen and oxygen atoms in total. The summed E-state index contributed by atoms with van der Waals surface area (Å²) < 4.78 is 7.53. The van der Waals surface area contributed by atoms with Crippen LogP contribution in [0, 0.1) is 12.8 Å². The molecule has 0 aliphatic carbocycles. The number of fused-ring (bicyclic) bond motifs is 1. The third-order valence-corrected chi connectivity index (χ3v) is 12.2. The zero-order chi connectivity index (χ0) is 52.7. The third kappa shape index (κ3) is 14.8. The standard InChI is InChI=1S/C52H58ClN13O8/c1-32(2)46(63-43(67)15-5-4-6-25-65-44(68)22-23-45(65)69)50(71)60-40(14-9-24-55-51(54)72)49(70)59-38-19-16-34(17-20-38)30-74-52(73)64(27-35-11-8-12-37(53)26-35)29-41-61-47(36-18-21-42-56-31-57-66(42)28-36)48(62-41)39-13-7-10-33(3)58-39/h7-8,10-13,16-23,26,28,31-32,40,46H,4-6,9,14-15,24-25,27,29-30H2,1-3H3,(H,59,70)(H,60,71)(H,61,62)(H,63,67)(H3,54,55,72)/t40-,46-/m0/s1. The van der Waals surface area contributed by atoms with Crippen molar-refractivity contribution in [3.63, 3.8) is 0 Å². The SMILES string of the molecule is Cc1cccc(-c2[nH]c(CN(Cc3cccc(Cl)c3)C(=O)OCc3ccc(NC(=O)[C@H](CCCNC(N)=O)NC(=O)[C@@H](NC(=O)CCCCCN4C(=O)C=CC4=O)C(C)C)cc3)nc2-c2ccc3ncnn3c2)n1. The van der Waals surface area contributed by atoms with Gasteiger partial charge in [0.25, 0.3) is 11.8 Å². The minimum Gasteiger partial charge on any atom is -0.445 e. The van der Waals surface area contributed by atoms with Gasteiger partial charge in [0.2, 0.25) is 17.7 Å². The summed E-state index contributed by atoms with van der Waals surface area (Å²) in [4.78, 5) is 109. The Kier molecular flexibility index (Phi) is 18.2. The number of ether oxygens (including phenoxy) is 1. The molecule has 7 rings (SSSR count). The lowest BCUT2D eigenvalue weighted by atomic mass is 10.0. The number of aryl methyl sites for hydroxylation is 1. The minimum atomic E-state index is -1.07. The first-order valence-corrected chi connectivity index (χ1v) is 24.5. The van der Waals surface area contributed by atoms with Gasteiger partial charge in [0.1, 0.15) is 30.8 Å². The number of carbonyl (C=O) groups excluding carboxylic acids is 7. The van der Waals surface area contributed by atoms with Gasteiger partial charge in [0.15, 0.2) is 5.65 Å². The van der Waals surface area contributed by atoms with E-state index in [9.17, 15) is 33.6 Å². The average molecular weight is 1030 g/mol. The Balaban J connectivity index is 0.985. The smallest absolute Gasteiger partial charge is 0.410 e. The maximum atomic E-state index is 14.0. The number of hydrogen-bond donors (Lipinski definition) is 6. The fourth-order valence-electron chi connectivity index (χ4n) is 8.11. The Labute approximate surface area is 431 Å². The van der Waals surface area contributed by atoms with Crippen molar-refractivity contribution < 1.29 is 38.3 Å². The number of nitrogens with two attached hydrogens (primary N) is 1. The van der Waals surface area contributed by atoms with Crippen molar-refractivity contribution in [3.8, 4) is 22.6 Å². The summed E-state index contributed by atoms with van der Waals surface area (Å²) in [7, 11) is 0. The number of nitrogens with one attached hydrogen (secondary N) is 5. The van der Waals surface area contributed by atoms with E-state index in [0.29, 0.717) is 64.1 Å². The largest absolute Gasteiger partial charge is 0.445 e. The predicted molar refractivity (Wildman–Crippen MR) is 274 cm³/mol. The maximum absolute atomic E-state index is 14.0. The van der Waals surface area contributed by atoms with Gasteiger partial charge in [-0.2, -0.15) is 5.10 Å². The molecular weight excluding hydrogens is 970 g/mol. The first-order chi connectivity index (χ1) is 35.6. The highest BCUT2D eigenvalue weighted by Crippen LogP contribution is 2.30. The van der Waals surface area contributed by atoms with Gasteiger partial charge in [-0.3, -0.25) is 38.8 Å². The molecule has 2 atom stereocenters. The van der Waals surface area contributed by atoms with Gasteiger partial charge in [0.05, 0.1) is 23.6 Å². The molecule has 74 heavy (non-hydrogen) atoms. The van der Waals surface area contributed by atoms with Crippen molar-refractivity contribution in [1.82, 2.24) is 55.3 Å². The van der Waals surface area contributed by atoms with Crippen molar-refractivity contribution in [3.05, 3.63) is 131 Å². The van der Waals surface area contributed by atoms with E-state index >= 15 is 0 Å². The monoisotopic (exact) mass is 1030 g/mol. The van der Waals surface area contributed by atoms with E-state index in [1.807, 2.05) is 49.5 Å². The molecular formula is C52H58ClN13O8. The highest BCUT2D eigenvalue weighted by atomic mass is 35.5. The highest BCUT2D eigenvalue weighted by molar-refractivity contribution is 6.30. The summed E-state index contributed by atoms with van der Waals surface area (Å²) in [6.07, 6.45) is 7.20. The van der Waals surface area contributed by atoms with Gasteiger partial charge in [-0.15, -0.1) is 0 Å². The fourth-order valence-corrected chi connectivity index (χ4v) is 8.33. The zero-order valence-corrected chi connectivity index (χ0v) is 41.9. The van der Waals surface area contributed by atoms with Crippen LogP contribution in [-0.2, 0) is 48.4 Å². The molecule has 1 aliphatic rings. The van der Waals surface area contributed by atoms with Gasteiger partial charge in [-0.25, -0.2) is 24.1 Å². The summed E-state index contributed by atoms with van der Waals surface area (Å²) in [6, 6.07) is 20.5. The lowest BCUT2D eigenvalue weighted by Gasteiger charge is -2.25. The summed E-state index contributed by atoms with van der Waals surface area (Å²) in [6.45, 7) is 5.87. The highest BCUT2D eigenvalue weighted by Gasteiger charge is 2.29. The Morgan fingerprint density at radius 1 is 0.851 bits per heavy atom. The summed E-state index contributed by atoms with van der Waals surface area (Å²) in [5.74, 6) is -2.08. The van der Waals surface area contributed by atoms with Gasteiger partial charge in [-0.1, -0.05) is 62.2 Å². The van der Waals surface area contributed by atoms with Crippen LogP contribution in [0.15, 0.2) is 104 Å². The van der Waals surface area contributed by atoms with Crippen LogP contribution in [0.4, 0.5) is 15.3 Å². The second-order valence-corrected chi connectivity index (χ2v) is 18.5. The van der Waals surface area contributed by atoms with Gasteiger partial charge in [0, 0.05) is 66.4 Å². The number of unbranched alkanes of at least 4 members (excludes halogenated alkanes) is 2. The molecule has 386 valence electrons. The molecule has 0 radical (unpaired) electrons. The molecule has 0 fully saturated rings. The van der Waals surface area contributed by atoms with Crippen LogP contribution in [0.1, 0.15) is 75.0 Å². The molecule has 5 heterocycles. The van der Waals surface area contributed by atoms with Crippen LogP contribution in [0.5, 0.6) is 0 Å². The van der Waals surface area contributed by atoms with E-state index in [1.165, 1.54) is 23.4 Å². The molecule has 1 aliphatic heterocycles. The predicted octanol–water partition coefficient (Wildman–Crippen LogP) is 5.98. The number of hydrogen-bond acceptors (Lipinski definition) is 12. The number of rotatable bonds is 24. The van der Waals surface area contributed by atoms with E-state index in [2.05, 4.69) is 36.3 Å². The zero-order valence-electron chi connectivity index (χ0n) is 41.2. The lowest BCUT2D eigenvalue weighted by molar-refractivity contribution is -0.137. The number of anilines is 1. The molecule has 0 saturated carbocycles. The number of primary amides is 1. The molecule has 4 aromatic heterocycles. The molecule has 6 aromatic rings. The van der Waals surface area contributed by atoms with Crippen LogP contribution in [0.25, 0.3) is 28.3 Å². The first kappa shape index (κ1) is 53.3. The Bertz CT molecular complexity index is 3010. The fraction of sp³-hybridized carbons (Fsp3) is 0.327. The third-order valence-electron chi connectivity index (χ3n) is 11.9. The normalized spacial score (nSPS) is 13.0. The number of pyridine rings is 2. The van der Waals surface area contributed by atoms with Crippen molar-refractivity contribution in [2.75, 3.05) is 18.4 Å². The van der Waals surface area contributed by atoms with E-state index < -0.39 is 36.0 Å². The van der Waals surface area contributed by atoms with Crippen molar-refractivity contribution in [1.29, 1.82) is 0 Å². The van der Waals surface area contributed by atoms with E-state index in [4.69, 9.17) is 32.0 Å². The molecule has 0 saturated heterocycles. The Morgan fingerprint density at radius 3 is 2.35 bits per heavy atom. The van der Waals surface area contributed by atoms with E-state index in [1.54, 1.807) is 60.8 Å². The molecule has 0 spiro atoms. The topological polar surface area (TPSA) is 281 Å². The number of nitrogens with zero attached hydrogens (tertiary/aromatic N) is 7. The van der Waals surface area contributed by atoms with Crippen LogP contribution < -0.4 is 27.0 Å². The summed E-state index contributed by atoms with van der Waals surface area (Å²) in [5.41, 5.74) is 11.1. The molecule has 22 heteroatoms. The second kappa shape index (κ2) is 25.3. The second-order valence-electron chi connectivity index (χ2n) is 18.0. The number of benzene rings is 2. The number of urea groups is 1. The van der Waals surface area contributed by atoms with Gasteiger partial charge < -0.3 is 36.7 Å². The van der Waals surface area contributed by atoms with Gasteiger partial charge >= 0.3 is 12.1 Å². The quantitative estimate of drug-likeness (QED) is 0.0302. The van der Waals surface area contributed by atoms with Crippen LogP contribution in [-0.4, -0.2) is 106 Å². The number of carbonyl (C=O) groups is 7. The lowest BCUT2D eigenvalue weighted by Crippen LogP contribution is -2.54. The number of imide groups is 1.